The molecule has 136 valence electrons. The number of pyridine rings is 1. The van der Waals surface area contributed by atoms with E-state index in [1.165, 1.54) is 7.11 Å². The van der Waals surface area contributed by atoms with Gasteiger partial charge in [0.05, 0.1) is 25.4 Å². The molecule has 0 unspecified atom stereocenters. The molecule has 1 aromatic carbocycles. The monoisotopic (exact) mass is 362 g/mol. The summed E-state index contributed by atoms with van der Waals surface area (Å²) in [7, 11) is 3.07. The molecule has 0 saturated heterocycles. The molecule has 2 aromatic heterocycles. The zero-order valence-electron chi connectivity index (χ0n) is 14.1. The number of nitrogens with two attached hydrogens (primary N) is 1. The number of ether oxygens (including phenoxy) is 3. The van der Waals surface area contributed by atoms with Gasteiger partial charge in [0.1, 0.15) is 0 Å². The molecule has 0 aliphatic rings. The van der Waals surface area contributed by atoms with E-state index in [1.54, 1.807) is 37.4 Å². The lowest BCUT2D eigenvalue weighted by atomic mass is 10.1. The highest BCUT2D eigenvalue weighted by atomic mass is 19.3. The third kappa shape index (κ3) is 3.56. The molecule has 0 fully saturated rings. The van der Waals surface area contributed by atoms with Gasteiger partial charge in [0.15, 0.2) is 23.6 Å². The first kappa shape index (κ1) is 17.6. The summed E-state index contributed by atoms with van der Waals surface area (Å²) in [6, 6.07) is 8.69. The van der Waals surface area contributed by atoms with Gasteiger partial charge in [-0.3, -0.25) is 0 Å². The number of nitrogens with zero attached hydrogens (tertiary/aromatic N) is 3. The molecule has 0 aliphatic heterocycles. The van der Waals surface area contributed by atoms with Crippen LogP contribution in [0.3, 0.4) is 0 Å². The number of benzene rings is 1. The van der Waals surface area contributed by atoms with Crippen LogP contribution in [-0.4, -0.2) is 42.2 Å². The van der Waals surface area contributed by atoms with Gasteiger partial charge >= 0.3 is 0 Å². The molecule has 2 heterocycles. The van der Waals surface area contributed by atoms with Crippen LogP contribution in [0.1, 0.15) is 0 Å². The number of fused-ring (bicyclic) bond motifs is 1. The molecule has 3 rings (SSSR count). The maximum Gasteiger partial charge on any atom is 0.272 e. The summed E-state index contributed by atoms with van der Waals surface area (Å²) < 4.78 is 40.5. The van der Waals surface area contributed by atoms with Gasteiger partial charge in [0.25, 0.3) is 6.43 Å². The summed E-state index contributed by atoms with van der Waals surface area (Å²) >= 11 is 0. The van der Waals surface area contributed by atoms with Crippen LogP contribution in [0.5, 0.6) is 17.4 Å². The maximum atomic E-state index is 12.5. The van der Waals surface area contributed by atoms with Crippen molar-refractivity contribution in [3.63, 3.8) is 0 Å². The molecule has 0 spiro atoms. The second-order valence-corrected chi connectivity index (χ2v) is 5.22. The van der Waals surface area contributed by atoms with Crippen LogP contribution in [0.2, 0.25) is 0 Å². The topological polar surface area (TPSA) is 92.4 Å². The number of halogens is 2. The van der Waals surface area contributed by atoms with Crippen LogP contribution < -0.4 is 19.9 Å². The van der Waals surface area contributed by atoms with E-state index in [0.29, 0.717) is 22.7 Å². The normalized spacial score (nSPS) is 11.0. The zero-order chi connectivity index (χ0) is 18.7. The summed E-state index contributed by atoms with van der Waals surface area (Å²) in [5, 5.41) is 0. The Balaban J connectivity index is 2.08. The summed E-state index contributed by atoms with van der Waals surface area (Å²) in [6.07, 6.45) is -2.64. The Labute approximate surface area is 147 Å². The second-order valence-electron chi connectivity index (χ2n) is 5.22. The molecule has 2 N–H and O–H groups in total. The first-order valence-electron chi connectivity index (χ1n) is 7.59. The smallest absolute Gasteiger partial charge is 0.272 e. The summed E-state index contributed by atoms with van der Waals surface area (Å²) in [5.74, 6) is 0.946. The minimum absolute atomic E-state index is 0.0811. The van der Waals surface area contributed by atoms with Gasteiger partial charge in [0.2, 0.25) is 11.8 Å². The number of nitrogen functional groups attached to an aromatic ring is 1. The van der Waals surface area contributed by atoms with E-state index in [2.05, 4.69) is 15.0 Å². The molecule has 0 saturated carbocycles. The number of anilines is 1. The molecule has 26 heavy (non-hydrogen) atoms. The lowest BCUT2D eigenvalue weighted by Gasteiger charge is -2.11. The number of rotatable bonds is 6. The van der Waals surface area contributed by atoms with Crippen LogP contribution in [0.15, 0.2) is 30.3 Å². The predicted octanol–water partition coefficient (Wildman–Crippen LogP) is 2.94. The molecular weight excluding hydrogens is 346 g/mol. The highest BCUT2D eigenvalue weighted by Gasteiger charge is 2.14. The Bertz CT molecular complexity index is 937. The van der Waals surface area contributed by atoms with E-state index in [0.717, 1.165) is 5.56 Å². The second kappa shape index (κ2) is 7.34. The van der Waals surface area contributed by atoms with Crippen LogP contribution >= 0.6 is 0 Å². The Kier molecular flexibility index (Phi) is 4.97. The van der Waals surface area contributed by atoms with Gasteiger partial charge in [-0.15, -0.1) is 0 Å². The Morgan fingerprint density at radius 2 is 1.77 bits per heavy atom. The van der Waals surface area contributed by atoms with Crippen molar-refractivity contribution in [3.8, 4) is 28.6 Å². The third-order valence-electron chi connectivity index (χ3n) is 3.55. The lowest BCUT2D eigenvalue weighted by molar-refractivity contribution is 0.0804. The summed E-state index contributed by atoms with van der Waals surface area (Å²) in [4.78, 5) is 12.4. The van der Waals surface area contributed by atoms with Crippen LogP contribution in [0.25, 0.3) is 22.3 Å². The first-order chi connectivity index (χ1) is 12.5. The van der Waals surface area contributed by atoms with Crippen LogP contribution in [-0.2, 0) is 0 Å². The number of alkyl halides is 2. The van der Waals surface area contributed by atoms with Crippen molar-refractivity contribution in [2.24, 2.45) is 0 Å². The van der Waals surface area contributed by atoms with Gasteiger partial charge in [0, 0.05) is 5.56 Å². The molecule has 0 aliphatic carbocycles. The van der Waals surface area contributed by atoms with Crippen molar-refractivity contribution in [1.82, 2.24) is 15.0 Å². The van der Waals surface area contributed by atoms with Crippen molar-refractivity contribution in [3.05, 3.63) is 30.3 Å². The van der Waals surface area contributed by atoms with Gasteiger partial charge in [-0.1, -0.05) is 0 Å². The van der Waals surface area contributed by atoms with Crippen molar-refractivity contribution < 1.29 is 23.0 Å². The number of hydrogen-bond donors (Lipinski definition) is 1. The van der Waals surface area contributed by atoms with Gasteiger partial charge in [-0.2, -0.15) is 4.98 Å². The summed E-state index contributed by atoms with van der Waals surface area (Å²) in [6.45, 7) is -0.812. The van der Waals surface area contributed by atoms with E-state index in [1.807, 2.05) is 0 Å². The van der Waals surface area contributed by atoms with E-state index in [4.69, 9.17) is 19.9 Å². The van der Waals surface area contributed by atoms with Crippen LogP contribution in [0, 0.1) is 0 Å². The maximum absolute atomic E-state index is 12.5. The SMILES string of the molecule is COc1ccc(-c2ccc3nc(N)nc(OCC(F)F)c3n2)cc1OC. The Morgan fingerprint density at radius 1 is 1.00 bits per heavy atom. The molecular formula is C17H16F2N4O3. The van der Waals surface area contributed by atoms with Crippen molar-refractivity contribution in [2.75, 3.05) is 26.6 Å². The highest BCUT2D eigenvalue weighted by Crippen LogP contribution is 2.33. The molecule has 0 atom stereocenters. The van der Waals surface area contributed by atoms with E-state index in [9.17, 15) is 8.78 Å². The first-order valence-corrected chi connectivity index (χ1v) is 7.59. The van der Waals surface area contributed by atoms with E-state index >= 15 is 0 Å². The van der Waals surface area contributed by atoms with Crippen molar-refractivity contribution >= 4 is 17.0 Å². The molecule has 9 heteroatoms. The zero-order valence-corrected chi connectivity index (χ0v) is 14.1. The van der Waals surface area contributed by atoms with Gasteiger partial charge < -0.3 is 19.9 Å². The van der Waals surface area contributed by atoms with E-state index in [-0.39, 0.29) is 17.3 Å². The van der Waals surface area contributed by atoms with Gasteiger partial charge in [-0.05, 0) is 30.3 Å². The predicted molar refractivity (Wildman–Crippen MR) is 91.8 cm³/mol. The largest absolute Gasteiger partial charge is 0.493 e. The third-order valence-corrected chi connectivity index (χ3v) is 3.55. The minimum Gasteiger partial charge on any atom is -0.493 e. The molecule has 0 amide bonds. The van der Waals surface area contributed by atoms with Gasteiger partial charge in [-0.25, -0.2) is 18.7 Å². The fourth-order valence-corrected chi connectivity index (χ4v) is 2.40. The number of aromatic nitrogens is 3. The highest BCUT2D eigenvalue weighted by molar-refractivity contribution is 5.83. The molecule has 7 nitrogen and oxygen atoms in total. The minimum atomic E-state index is -2.64. The quantitative estimate of drug-likeness (QED) is 0.721. The fraction of sp³-hybridized carbons (Fsp3) is 0.235. The summed E-state index contributed by atoms with van der Waals surface area (Å²) in [5.41, 5.74) is 7.54. The molecule has 0 bridgehead atoms. The average Bonchev–Trinajstić information content (AvgIpc) is 2.65. The van der Waals surface area contributed by atoms with E-state index < -0.39 is 13.0 Å². The Hall–Kier alpha value is -3.23. The average molecular weight is 362 g/mol. The Morgan fingerprint density at radius 3 is 2.46 bits per heavy atom. The molecule has 3 aromatic rings. The molecule has 0 radical (unpaired) electrons. The van der Waals surface area contributed by atoms with Crippen molar-refractivity contribution in [2.45, 2.75) is 6.43 Å². The van der Waals surface area contributed by atoms with Crippen molar-refractivity contribution in [1.29, 1.82) is 0 Å². The standard InChI is InChI=1S/C17H16F2N4O3/c1-24-12-6-3-9(7-13(12)25-2)10-4-5-11-15(21-10)16(23-17(20)22-11)26-8-14(18)19/h3-7,14H,8H2,1-2H3,(H2,20,22,23). The van der Waals surface area contributed by atoms with Crippen LogP contribution in [0.4, 0.5) is 14.7 Å². The number of hydrogen-bond acceptors (Lipinski definition) is 7. The number of methoxy groups -OCH3 is 2. The lowest BCUT2D eigenvalue weighted by Crippen LogP contribution is -2.10. The fourth-order valence-electron chi connectivity index (χ4n) is 2.40.